The fourth-order valence-electron chi connectivity index (χ4n) is 10.2. The Labute approximate surface area is 462 Å². The summed E-state index contributed by atoms with van der Waals surface area (Å²) in [5.74, 6) is 3.05. The number of hydrogen-bond donors (Lipinski definition) is 0. The van der Waals surface area contributed by atoms with Crippen LogP contribution in [0.15, 0.2) is 249 Å². The van der Waals surface area contributed by atoms with Gasteiger partial charge in [-0.05, 0) is 102 Å². The molecule has 4 heterocycles. The summed E-state index contributed by atoms with van der Waals surface area (Å²) in [7, 11) is 0. The van der Waals surface area contributed by atoms with Crippen molar-refractivity contribution in [2.75, 3.05) is 0 Å². The first-order valence-electron chi connectivity index (χ1n) is 30.2. The summed E-state index contributed by atoms with van der Waals surface area (Å²) < 4.78 is 101. The molecule has 0 fully saturated rings. The van der Waals surface area contributed by atoms with Crippen LogP contribution in [-0.2, 0) is 10.8 Å². The fraction of sp³-hybridized carbons (Fsp3) is 0.0870. The highest BCUT2D eigenvalue weighted by Crippen LogP contribution is 2.46. The molecular weight excluding hydrogens is 943 g/mol. The van der Waals surface area contributed by atoms with Gasteiger partial charge in [-0.15, -0.1) is 0 Å². The number of nitrogens with zero attached hydrogens (tertiary/aromatic N) is 7. The van der Waals surface area contributed by atoms with Crippen LogP contribution in [0.2, 0.25) is 0 Å². The van der Waals surface area contributed by atoms with E-state index in [0.29, 0.717) is 57.4 Å². The van der Waals surface area contributed by atoms with E-state index in [1.807, 2.05) is 121 Å². The van der Waals surface area contributed by atoms with Crippen molar-refractivity contribution < 1.29 is 18.4 Å². The van der Waals surface area contributed by atoms with E-state index in [2.05, 4.69) is 80.7 Å². The van der Waals surface area contributed by atoms with Crippen molar-refractivity contribution in [2.45, 2.75) is 38.5 Å². The number of fused-ring (bicyclic) bond motifs is 4. The van der Waals surface area contributed by atoms with Gasteiger partial charge in [-0.25, -0.2) is 19.9 Å². The summed E-state index contributed by atoms with van der Waals surface area (Å²) in [6.07, 6.45) is 1.76. The first kappa shape index (κ1) is 36.9. The smallest absolute Gasteiger partial charge is 0.456 e. The minimum atomic E-state index is -0.688. The molecule has 0 saturated heterocycles. The summed E-state index contributed by atoms with van der Waals surface area (Å²) in [5, 5.41) is 1.88. The molecule has 12 aromatic rings. The fourth-order valence-corrected chi connectivity index (χ4v) is 10.2. The van der Waals surface area contributed by atoms with Crippen LogP contribution in [0.5, 0.6) is 11.5 Å². The molecule has 0 radical (unpaired) electrons. The lowest BCUT2D eigenvalue weighted by Gasteiger charge is -2.29. The molecular formula is C69H53N7O+2. The minimum Gasteiger partial charge on any atom is -0.456 e. The predicted octanol–water partition coefficient (Wildman–Crippen LogP) is 16.7. The molecule has 1 aliphatic rings. The Hall–Kier alpha value is -9.88. The van der Waals surface area contributed by atoms with Crippen molar-refractivity contribution >= 4 is 50.6 Å². The lowest BCUT2D eigenvalue weighted by atomic mass is 9.82. The van der Waals surface area contributed by atoms with E-state index in [4.69, 9.17) is 38.4 Å². The van der Waals surface area contributed by atoms with Gasteiger partial charge < -0.3 is 4.74 Å². The van der Waals surface area contributed by atoms with Crippen LogP contribution < -0.4 is 13.9 Å². The van der Waals surface area contributed by atoms with Gasteiger partial charge in [-0.1, -0.05) is 170 Å². The number of rotatable bonds is 12. The molecule has 8 heteroatoms. The van der Waals surface area contributed by atoms with Crippen molar-refractivity contribution in [1.82, 2.24) is 33.7 Å². The monoisotopic (exact) mass is 1010 g/mol. The maximum absolute atomic E-state index is 9.17. The zero-order valence-corrected chi connectivity index (χ0v) is 42.4. The van der Waals surface area contributed by atoms with Gasteiger partial charge in [0.1, 0.15) is 29.0 Å². The third kappa shape index (κ3) is 8.38. The predicted molar refractivity (Wildman–Crippen MR) is 313 cm³/mol. The van der Waals surface area contributed by atoms with Gasteiger partial charge in [0.15, 0.2) is 5.82 Å². The largest absolute Gasteiger partial charge is 0.503 e. The molecule has 9 aromatic carbocycles. The van der Waals surface area contributed by atoms with Gasteiger partial charge in [0.2, 0.25) is 11.4 Å². The van der Waals surface area contributed by atoms with Gasteiger partial charge >= 0.3 is 6.01 Å². The average molecular weight is 1010 g/mol. The standard InChI is InChI=1S/C69H53N7O/c1-68(2,49-29-13-7-14-30-49)66-71-65(72-67(73-66)69(3,4)50-31-15-8-16-32-50)57-44-56-55-35-17-18-38-58(55)76(63-41-21-22-42-70-63)61(56)45-62(57)77-52-34-23-33-51(43-52)74-46-75(60-40-20-19-39-59(60)74)64-53(47-25-9-5-10-26-47)36-24-37-54(64)48-27-11-6-12-28-48/h5-45H,1-4H3/q+2/i5D,6D,9D,10D,11D,12D,25D,26D,27D,28D. The lowest BCUT2D eigenvalue weighted by molar-refractivity contribution is 0.483. The maximum atomic E-state index is 9.17. The number of ether oxygens (including phenoxy) is 1. The second kappa shape index (κ2) is 19.1. The Kier molecular flexibility index (Phi) is 9.17. The zero-order chi connectivity index (χ0) is 60.8. The number of aromatic nitrogens is 5. The van der Waals surface area contributed by atoms with Crippen LogP contribution in [0, 0.1) is 0 Å². The maximum Gasteiger partial charge on any atom is 0.503 e. The second-order valence-electron chi connectivity index (χ2n) is 19.8. The van der Waals surface area contributed by atoms with Gasteiger partial charge in [0.25, 0.3) is 11.4 Å². The number of pyridine rings is 1. The van der Waals surface area contributed by atoms with Crippen LogP contribution in [0.3, 0.4) is 0 Å². The third-order valence-corrected chi connectivity index (χ3v) is 14.3. The molecule has 0 atom stereocenters. The first-order chi connectivity index (χ1) is 41.8. The Morgan fingerprint density at radius 3 is 1.69 bits per heavy atom. The van der Waals surface area contributed by atoms with Crippen molar-refractivity contribution in [1.29, 1.82) is 0 Å². The van der Waals surface area contributed by atoms with Crippen LogP contribution in [0.4, 0.5) is 22.7 Å². The van der Waals surface area contributed by atoms with Crippen molar-refractivity contribution in [3.63, 3.8) is 0 Å². The summed E-state index contributed by atoms with van der Waals surface area (Å²) in [5.41, 5.74) is 4.79. The van der Waals surface area contributed by atoms with Crippen LogP contribution in [0.1, 0.15) is 64.2 Å². The average Bonchev–Trinajstić information content (AvgIpc) is 1.85. The van der Waals surface area contributed by atoms with E-state index in [-0.39, 0.29) is 27.9 Å². The van der Waals surface area contributed by atoms with E-state index in [0.717, 1.165) is 32.9 Å². The van der Waals surface area contributed by atoms with E-state index >= 15 is 0 Å². The molecule has 13 rings (SSSR count). The molecule has 1 aliphatic heterocycles. The Bertz CT molecular complexity index is 4680. The summed E-state index contributed by atoms with van der Waals surface area (Å²) in [6.45, 7) is 8.46. The molecule has 368 valence electrons. The lowest BCUT2D eigenvalue weighted by Crippen LogP contribution is -2.29. The molecule has 8 nitrogen and oxygen atoms in total. The molecule has 0 bridgehead atoms. The van der Waals surface area contributed by atoms with Crippen molar-refractivity contribution in [3.8, 4) is 51.0 Å². The molecule has 0 unspecified atom stereocenters. The van der Waals surface area contributed by atoms with Gasteiger partial charge in [-0.2, -0.15) is 0 Å². The van der Waals surface area contributed by atoms with Crippen molar-refractivity contribution in [3.05, 3.63) is 271 Å². The molecule has 3 aromatic heterocycles. The number of para-hydroxylation sites is 4. The van der Waals surface area contributed by atoms with E-state index in [1.54, 1.807) is 33.5 Å². The van der Waals surface area contributed by atoms with E-state index in [9.17, 15) is 0 Å². The first-order valence-corrected chi connectivity index (χ1v) is 25.2. The third-order valence-electron chi connectivity index (χ3n) is 14.3. The molecule has 0 spiro atoms. The van der Waals surface area contributed by atoms with Crippen LogP contribution in [-0.4, -0.2) is 30.5 Å². The number of benzene rings is 9. The van der Waals surface area contributed by atoms with E-state index < -0.39 is 71.3 Å². The highest BCUT2D eigenvalue weighted by Gasteiger charge is 2.40. The Morgan fingerprint density at radius 2 is 1.06 bits per heavy atom. The van der Waals surface area contributed by atoms with Gasteiger partial charge in [0.05, 0.1) is 47.5 Å². The highest BCUT2D eigenvalue weighted by atomic mass is 16.5. The summed E-state index contributed by atoms with van der Waals surface area (Å²) >= 11 is 0. The molecule has 0 aliphatic carbocycles. The minimum absolute atomic E-state index is 0.132. The van der Waals surface area contributed by atoms with Gasteiger partial charge in [-0.3, -0.25) is 4.57 Å². The molecule has 0 amide bonds. The quantitative estimate of drug-likeness (QED) is 0.114. The SMILES string of the molecule is [2H]c1c([2H])c([2H])c(-c2cccc(-c3c([2H])c([2H])c([2H])c([2H])c3[2H])c2[N+]2=C=[N+](c3cccc(Oc4cc5c(cc4-c4nc(C(C)(C)c6ccccc6)nc(C(C)(C)c6ccccc6)n4)c4ccccc4n5-c4ccccn4)c3)c3ccccc32)c([2H])c1[2H]. The normalized spacial score (nSPS) is 14.2. The highest BCUT2D eigenvalue weighted by molar-refractivity contribution is 6.11. The Balaban J connectivity index is 1.05. The zero-order valence-electron chi connectivity index (χ0n) is 52.4. The van der Waals surface area contributed by atoms with Crippen LogP contribution in [0.25, 0.3) is 61.3 Å². The van der Waals surface area contributed by atoms with Crippen molar-refractivity contribution in [2.24, 2.45) is 0 Å². The molecule has 0 saturated carbocycles. The van der Waals surface area contributed by atoms with Crippen LogP contribution >= 0.6 is 0 Å². The van der Waals surface area contributed by atoms with E-state index in [1.165, 1.54) is 0 Å². The Morgan fingerprint density at radius 1 is 0.494 bits per heavy atom. The van der Waals surface area contributed by atoms with Gasteiger partial charge in [0, 0.05) is 52.1 Å². The topological polar surface area (TPSA) is 71.7 Å². The summed E-state index contributed by atoms with van der Waals surface area (Å²) in [6, 6.07) is 56.1. The second-order valence-corrected chi connectivity index (χ2v) is 19.8. The summed E-state index contributed by atoms with van der Waals surface area (Å²) in [4.78, 5) is 21.0. The molecule has 77 heavy (non-hydrogen) atoms. The molecule has 0 N–H and O–H groups in total. The number of hydrogen-bond acceptors (Lipinski definition) is 5.